The van der Waals surface area contributed by atoms with Crippen LogP contribution in [-0.2, 0) is 0 Å². The molecule has 1 aromatic heterocycles. The number of allylic oxidation sites excluding steroid dienone is 4. The summed E-state index contributed by atoms with van der Waals surface area (Å²) < 4.78 is 1.91. The van der Waals surface area contributed by atoms with Crippen LogP contribution in [0.2, 0.25) is 0 Å². The van der Waals surface area contributed by atoms with Crippen molar-refractivity contribution in [3.05, 3.63) is 41.9 Å². The fourth-order valence-electron chi connectivity index (χ4n) is 1.75. The molecule has 0 saturated heterocycles. The number of nitrogens with zero attached hydrogens (tertiary/aromatic N) is 1. The van der Waals surface area contributed by atoms with Crippen LogP contribution in [-0.4, -0.2) is 17.9 Å². The van der Waals surface area contributed by atoms with E-state index in [-0.39, 0.29) is 0 Å². The SMILES string of the molecule is CC/C=C\C(=C(/CC)NC)n1cccc1C=O. The molecule has 0 aliphatic carbocycles. The Morgan fingerprint density at radius 1 is 1.47 bits per heavy atom. The molecule has 1 rings (SSSR count). The van der Waals surface area contributed by atoms with E-state index in [9.17, 15) is 4.79 Å². The summed E-state index contributed by atoms with van der Waals surface area (Å²) in [5.74, 6) is 0. The number of aromatic nitrogens is 1. The predicted octanol–water partition coefficient (Wildman–Crippen LogP) is 3.06. The smallest absolute Gasteiger partial charge is 0.166 e. The fourth-order valence-corrected chi connectivity index (χ4v) is 1.75. The quantitative estimate of drug-likeness (QED) is 0.604. The van der Waals surface area contributed by atoms with E-state index < -0.39 is 0 Å². The monoisotopic (exact) mass is 232 g/mol. The molecule has 17 heavy (non-hydrogen) atoms. The lowest BCUT2D eigenvalue weighted by molar-refractivity contribution is 0.111. The lowest BCUT2D eigenvalue weighted by atomic mass is 10.2. The molecule has 1 heterocycles. The average molecular weight is 232 g/mol. The number of nitrogens with one attached hydrogen (secondary N) is 1. The molecule has 0 aliphatic rings. The van der Waals surface area contributed by atoms with Crippen molar-refractivity contribution in [2.75, 3.05) is 7.05 Å². The molecule has 0 radical (unpaired) electrons. The summed E-state index contributed by atoms with van der Waals surface area (Å²) in [6, 6.07) is 3.70. The van der Waals surface area contributed by atoms with Crippen molar-refractivity contribution in [1.29, 1.82) is 0 Å². The van der Waals surface area contributed by atoms with Crippen LogP contribution in [0.4, 0.5) is 0 Å². The molecule has 0 spiro atoms. The summed E-state index contributed by atoms with van der Waals surface area (Å²) in [5.41, 5.74) is 2.82. The van der Waals surface area contributed by atoms with Crippen molar-refractivity contribution >= 4 is 12.0 Å². The minimum Gasteiger partial charge on any atom is -0.390 e. The van der Waals surface area contributed by atoms with Crippen molar-refractivity contribution in [2.24, 2.45) is 0 Å². The maximum atomic E-state index is 11.0. The van der Waals surface area contributed by atoms with Gasteiger partial charge >= 0.3 is 0 Å². The highest BCUT2D eigenvalue weighted by Gasteiger charge is 2.06. The molecule has 0 bridgehead atoms. The third kappa shape index (κ3) is 3.09. The van der Waals surface area contributed by atoms with Gasteiger partial charge in [0.05, 0.1) is 11.4 Å². The highest BCUT2D eigenvalue weighted by Crippen LogP contribution is 2.16. The number of carbonyl (C=O) groups is 1. The Bertz CT molecular complexity index is 421. The van der Waals surface area contributed by atoms with E-state index in [1.54, 1.807) is 0 Å². The Labute approximate surface area is 103 Å². The maximum Gasteiger partial charge on any atom is 0.166 e. The molecule has 1 N–H and O–H groups in total. The zero-order chi connectivity index (χ0) is 12.7. The molecule has 0 amide bonds. The van der Waals surface area contributed by atoms with Crippen LogP contribution >= 0.6 is 0 Å². The van der Waals surface area contributed by atoms with Crippen LogP contribution in [0.5, 0.6) is 0 Å². The first-order valence-electron chi connectivity index (χ1n) is 5.98. The fraction of sp³-hybridized carbons (Fsp3) is 0.357. The minimum atomic E-state index is 0.668. The van der Waals surface area contributed by atoms with Gasteiger partial charge in [0.1, 0.15) is 0 Å². The molecule has 0 unspecified atom stereocenters. The van der Waals surface area contributed by atoms with Crippen LogP contribution < -0.4 is 5.32 Å². The first kappa shape index (κ1) is 13.3. The van der Waals surface area contributed by atoms with Crippen LogP contribution in [0.15, 0.2) is 36.2 Å². The number of aldehydes is 1. The van der Waals surface area contributed by atoms with E-state index in [2.05, 4.69) is 31.3 Å². The van der Waals surface area contributed by atoms with E-state index in [0.29, 0.717) is 5.69 Å². The summed E-state index contributed by atoms with van der Waals surface area (Å²) in [4.78, 5) is 11.0. The largest absolute Gasteiger partial charge is 0.390 e. The molecule has 1 aromatic rings. The van der Waals surface area contributed by atoms with Gasteiger partial charge in [-0.15, -0.1) is 0 Å². The Balaban J connectivity index is 3.28. The molecule has 0 saturated carbocycles. The highest BCUT2D eigenvalue weighted by atomic mass is 16.1. The third-order valence-electron chi connectivity index (χ3n) is 2.64. The Kier molecular flexibility index (Phi) is 5.27. The van der Waals surface area contributed by atoms with E-state index >= 15 is 0 Å². The number of hydrogen-bond acceptors (Lipinski definition) is 2. The molecule has 3 nitrogen and oxygen atoms in total. The van der Waals surface area contributed by atoms with Crippen molar-refractivity contribution in [3.8, 4) is 0 Å². The second-order valence-electron chi connectivity index (χ2n) is 3.70. The average Bonchev–Trinajstić information content (AvgIpc) is 2.82. The van der Waals surface area contributed by atoms with Crippen molar-refractivity contribution in [3.63, 3.8) is 0 Å². The lowest BCUT2D eigenvalue weighted by Gasteiger charge is -2.13. The molecule has 92 valence electrons. The van der Waals surface area contributed by atoms with Gasteiger partial charge in [0.2, 0.25) is 0 Å². The van der Waals surface area contributed by atoms with Gasteiger partial charge in [-0.2, -0.15) is 0 Å². The molecule has 0 fully saturated rings. The second-order valence-corrected chi connectivity index (χ2v) is 3.70. The predicted molar refractivity (Wildman–Crippen MR) is 71.8 cm³/mol. The van der Waals surface area contributed by atoms with Crippen molar-refractivity contribution < 1.29 is 4.79 Å². The minimum absolute atomic E-state index is 0.668. The molecule has 3 heteroatoms. The standard InChI is InChI=1S/C14H20N2O/c1-4-6-9-14(13(5-2)15-3)16-10-7-8-12(16)11-17/h6-11,15H,4-5H2,1-3H3/b9-6-,14-13-. The van der Waals surface area contributed by atoms with Crippen LogP contribution in [0.3, 0.4) is 0 Å². The number of rotatable bonds is 6. The van der Waals surface area contributed by atoms with Gasteiger partial charge in [-0.3, -0.25) is 4.79 Å². The van der Waals surface area contributed by atoms with Gasteiger partial charge in [0.15, 0.2) is 6.29 Å². The number of hydrogen-bond donors (Lipinski definition) is 1. The summed E-state index contributed by atoms with van der Waals surface area (Å²) >= 11 is 0. The van der Waals surface area contributed by atoms with Gasteiger partial charge in [0.25, 0.3) is 0 Å². The molecule has 0 atom stereocenters. The third-order valence-corrected chi connectivity index (χ3v) is 2.64. The second kappa shape index (κ2) is 6.74. The topological polar surface area (TPSA) is 34.0 Å². The van der Waals surface area contributed by atoms with Crippen LogP contribution in [0.25, 0.3) is 5.70 Å². The van der Waals surface area contributed by atoms with Gasteiger partial charge < -0.3 is 9.88 Å². The van der Waals surface area contributed by atoms with Gasteiger partial charge in [-0.25, -0.2) is 0 Å². The van der Waals surface area contributed by atoms with E-state index in [1.165, 1.54) is 0 Å². The normalized spacial score (nSPS) is 12.6. The highest BCUT2D eigenvalue weighted by molar-refractivity contribution is 5.77. The number of carbonyl (C=O) groups excluding carboxylic acids is 1. The van der Waals surface area contributed by atoms with Crippen molar-refractivity contribution in [2.45, 2.75) is 26.7 Å². The Morgan fingerprint density at radius 2 is 2.24 bits per heavy atom. The van der Waals surface area contributed by atoms with E-state index in [4.69, 9.17) is 0 Å². The molecule has 0 aromatic carbocycles. The zero-order valence-electron chi connectivity index (χ0n) is 10.7. The zero-order valence-corrected chi connectivity index (χ0v) is 10.7. The van der Waals surface area contributed by atoms with Crippen molar-refractivity contribution in [1.82, 2.24) is 9.88 Å². The molecular weight excluding hydrogens is 212 g/mol. The van der Waals surface area contributed by atoms with Crippen LogP contribution in [0.1, 0.15) is 37.2 Å². The first-order chi connectivity index (χ1) is 8.28. The lowest BCUT2D eigenvalue weighted by Crippen LogP contribution is -2.11. The summed E-state index contributed by atoms with van der Waals surface area (Å²) in [5, 5.41) is 3.19. The Morgan fingerprint density at radius 3 is 2.76 bits per heavy atom. The molecular formula is C14H20N2O. The summed E-state index contributed by atoms with van der Waals surface area (Å²) in [6.45, 7) is 4.19. The van der Waals surface area contributed by atoms with E-state index in [1.807, 2.05) is 29.9 Å². The summed E-state index contributed by atoms with van der Waals surface area (Å²) in [6.07, 6.45) is 8.81. The summed E-state index contributed by atoms with van der Waals surface area (Å²) in [7, 11) is 1.91. The Hall–Kier alpha value is -1.77. The molecule has 0 aliphatic heterocycles. The first-order valence-corrected chi connectivity index (χ1v) is 5.98. The van der Waals surface area contributed by atoms with Crippen LogP contribution in [0, 0.1) is 0 Å². The van der Waals surface area contributed by atoms with Gasteiger partial charge in [-0.1, -0.05) is 19.9 Å². The van der Waals surface area contributed by atoms with Gasteiger partial charge in [0, 0.05) is 18.9 Å². The van der Waals surface area contributed by atoms with E-state index in [0.717, 1.165) is 30.5 Å². The van der Waals surface area contributed by atoms with Gasteiger partial charge in [-0.05, 0) is 31.1 Å². The maximum absolute atomic E-state index is 11.0.